The second-order valence-corrected chi connectivity index (χ2v) is 5.98. The summed E-state index contributed by atoms with van der Waals surface area (Å²) in [5, 5.41) is 2.86. The first-order valence-electron chi connectivity index (χ1n) is 7.35. The van der Waals surface area contributed by atoms with E-state index < -0.39 is 0 Å². The van der Waals surface area contributed by atoms with Crippen LogP contribution in [0.1, 0.15) is 28.9 Å². The molecule has 24 heavy (non-hydrogen) atoms. The summed E-state index contributed by atoms with van der Waals surface area (Å²) in [7, 11) is 1.51. The Hall–Kier alpha value is -2.34. The van der Waals surface area contributed by atoms with Crippen molar-refractivity contribution < 1.29 is 19.1 Å². The van der Waals surface area contributed by atoms with Crippen LogP contribution in [-0.2, 0) is 4.79 Å². The number of carbonyl (C=O) groups is 2. The third-order valence-electron chi connectivity index (χ3n) is 3.45. The van der Waals surface area contributed by atoms with Gasteiger partial charge in [-0.05, 0) is 36.8 Å². The maximum absolute atomic E-state index is 12.1. The SMILES string of the molecule is COc1ccc(OCC(=O)N[C@@H](C)c2ccccc2Br)c(C=O)c1. The van der Waals surface area contributed by atoms with Crippen molar-refractivity contribution in [2.75, 3.05) is 13.7 Å². The normalized spacial score (nSPS) is 11.5. The average Bonchev–Trinajstić information content (AvgIpc) is 2.60. The van der Waals surface area contributed by atoms with Crippen LogP contribution >= 0.6 is 15.9 Å². The van der Waals surface area contributed by atoms with E-state index in [1.165, 1.54) is 7.11 Å². The molecule has 0 aliphatic carbocycles. The number of hydrogen-bond donors (Lipinski definition) is 1. The third kappa shape index (κ3) is 4.58. The summed E-state index contributed by atoms with van der Waals surface area (Å²) >= 11 is 3.46. The summed E-state index contributed by atoms with van der Waals surface area (Å²) in [5.74, 6) is 0.622. The summed E-state index contributed by atoms with van der Waals surface area (Å²) in [6.07, 6.45) is 0.666. The molecule has 0 heterocycles. The Morgan fingerprint density at radius 3 is 2.71 bits per heavy atom. The van der Waals surface area contributed by atoms with Crippen molar-refractivity contribution in [2.45, 2.75) is 13.0 Å². The number of carbonyl (C=O) groups excluding carboxylic acids is 2. The van der Waals surface area contributed by atoms with E-state index >= 15 is 0 Å². The largest absolute Gasteiger partial charge is 0.497 e. The van der Waals surface area contributed by atoms with Crippen molar-refractivity contribution in [2.24, 2.45) is 0 Å². The van der Waals surface area contributed by atoms with Crippen molar-refractivity contribution in [1.82, 2.24) is 5.32 Å². The van der Waals surface area contributed by atoms with Gasteiger partial charge in [-0.25, -0.2) is 0 Å². The number of benzene rings is 2. The molecule has 1 atom stereocenters. The molecule has 1 N–H and O–H groups in total. The smallest absolute Gasteiger partial charge is 0.258 e. The van der Waals surface area contributed by atoms with Gasteiger partial charge in [-0.1, -0.05) is 34.1 Å². The van der Waals surface area contributed by atoms with Crippen LogP contribution in [-0.4, -0.2) is 25.9 Å². The minimum Gasteiger partial charge on any atom is -0.497 e. The Morgan fingerprint density at radius 1 is 1.29 bits per heavy atom. The molecule has 0 radical (unpaired) electrons. The van der Waals surface area contributed by atoms with Crippen LogP contribution in [0.5, 0.6) is 11.5 Å². The molecule has 0 saturated heterocycles. The lowest BCUT2D eigenvalue weighted by molar-refractivity contribution is -0.123. The molecule has 2 aromatic carbocycles. The van der Waals surface area contributed by atoms with E-state index in [9.17, 15) is 9.59 Å². The predicted octanol–water partition coefficient (Wildman–Crippen LogP) is 3.53. The van der Waals surface area contributed by atoms with Crippen molar-refractivity contribution in [3.63, 3.8) is 0 Å². The first kappa shape index (κ1) is 18.0. The molecule has 0 fully saturated rings. The molecule has 6 heteroatoms. The van der Waals surface area contributed by atoms with Gasteiger partial charge in [-0.2, -0.15) is 0 Å². The zero-order valence-electron chi connectivity index (χ0n) is 13.4. The van der Waals surface area contributed by atoms with E-state index in [0.717, 1.165) is 10.0 Å². The number of nitrogens with one attached hydrogen (secondary N) is 1. The molecular weight excluding hydrogens is 374 g/mol. The van der Waals surface area contributed by atoms with Gasteiger partial charge < -0.3 is 14.8 Å². The third-order valence-corrected chi connectivity index (χ3v) is 4.17. The van der Waals surface area contributed by atoms with Crippen LogP contribution < -0.4 is 14.8 Å². The fraction of sp³-hybridized carbons (Fsp3) is 0.222. The molecule has 126 valence electrons. The van der Waals surface area contributed by atoms with E-state index in [1.807, 2.05) is 31.2 Å². The van der Waals surface area contributed by atoms with Gasteiger partial charge in [0.25, 0.3) is 5.91 Å². The molecule has 0 saturated carbocycles. The maximum Gasteiger partial charge on any atom is 0.258 e. The Labute approximate surface area is 149 Å². The number of methoxy groups -OCH3 is 1. The first-order chi connectivity index (χ1) is 11.5. The molecule has 2 aromatic rings. The second-order valence-electron chi connectivity index (χ2n) is 5.12. The molecule has 0 bridgehead atoms. The van der Waals surface area contributed by atoms with E-state index in [0.29, 0.717) is 23.3 Å². The number of ether oxygens (including phenoxy) is 2. The van der Waals surface area contributed by atoms with Crippen LogP contribution in [0, 0.1) is 0 Å². The monoisotopic (exact) mass is 391 g/mol. The van der Waals surface area contributed by atoms with Crippen molar-refractivity contribution >= 4 is 28.1 Å². The van der Waals surface area contributed by atoms with Gasteiger partial charge >= 0.3 is 0 Å². The van der Waals surface area contributed by atoms with E-state index in [2.05, 4.69) is 21.2 Å². The number of hydrogen-bond acceptors (Lipinski definition) is 4. The summed E-state index contributed by atoms with van der Waals surface area (Å²) in [4.78, 5) is 23.2. The fourth-order valence-corrected chi connectivity index (χ4v) is 2.84. The Bertz CT molecular complexity index is 733. The molecule has 0 aliphatic heterocycles. The van der Waals surface area contributed by atoms with Gasteiger partial charge in [0.05, 0.1) is 18.7 Å². The van der Waals surface area contributed by atoms with E-state index in [-0.39, 0.29) is 18.6 Å². The van der Waals surface area contributed by atoms with Gasteiger partial charge in [-0.15, -0.1) is 0 Å². The highest BCUT2D eigenvalue weighted by Crippen LogP contribution is 2.24. The van der Waals surface area contributed by atoms with Crippen molar-refractivity contribution in [1.29, 1.82) is 0 Å². The Kier molecular flexibility index (Phi) is 6.37. The van der Waals surface area contributed by atoms with Gasteiger partial charge in [0.1, 0.15) is 11.5 Å². The molecular formula is C18H18BrNO4. The zero-order chi connectivity index (χ0) is 17.5. The predicted molar refractivity (Wildman–Crippen MR) is 94.6 cm³/mol. The van der Waals surface area contributed by atoms with E-state index in [1.54, 1.807) is 18.2 Å². The topological polar surface area (TPSA) is 64.6 Å². The lowest BCUT2D eigenvalue weighted by Gasteiger charge is -2.16. The first-order valence-corrected chi connectivity index (χ1v) is 8.14. The number of halogens is 1. The van der Waals surface area contributed by atoms with E-state index in [4.69, 9.17) is 9.47 Å². The standard InChI is InChI=1S/C18H18BrNO4/c1-12(15-5-3-4-6-16(15)19)20-18(22)11-24-17-8-7-14(23-2)9-13(17)10-21/h3-10,12H,11H2,1-2H3,(H,20,22)/t12-/m0/s1. The Balaban J connectivity index is 1.96. The van der Waals surface area contributed by atoms with Gasteiger partial charge in [0, 0.05) is 4.47 Å². The van der Waals surface area contributed by atoms with Crippen LogP contribution in [0.25, 0.3) is 0 Å². The molecule has 0 spiro atoms. The highest BCUT2D eigenvalue weighted by atomic mass is 79.9. The lowest BCUT2D eigenvalue weighted by Crippen LogP contribution is -2.31. The summed E-state index contributed by atoms with van der Waals surface area (Å²) < 4.78 is 11.4. The van der Waals surface area contributed by atoms with Crippen LogP contribution in [0.4, 0.5) is 0 Å². The summed E-state index contributed by atoms with van der Waals surface area (Å²) in [6, 6.07) is 12.3. The number of aldehydes is 1. The molecule has 5 nitrogen and oxygen atoms in total. The van der Waals surface area contributed by atoms with Crippen LogP contribution in [0.2, 0.25) is 0 Å². The fourth-order valence-electron chi connectivity index (χ4n) is 2.21. The minimum absolute atomic E-state index is 0.168. The number of amides is 1. The highest BCUT2D eigenvalue weighted by molar-refractivity contribution is 9.10. The summed E-state index contributed by atoms with van der Waals surface area (Å²) in [6.45, 7) is 1.71. The van der Waals surface area contributed by atoms with Gasteiger partial charge in [0.15, 0.2) is 12.9 Å². The molecule has 0 unspecified atom stereocenters. The molecule has 1 amide bonds. The van der Waals surface area contributed by atoms with Gasteiger partial charge in [0.2, 0.25) is 0 Å². The Morgan fingerprint density at radius 2 is 2.04 bits per heavy atom. The molecule has 0 aliphatic rings. The van der Waals surface area contributed by atoms with Crippen molar-refractivity contribution in [3.05, 3.63) is 58.1 Å². The molecule has 2 rings (SSSR count). The van der Waals surface area contributed by atoms with Crippen molar-refractivity contribution in [3.8, 4) is 11.5 Å². The minimum atomic E-state index is -0.272. The maximum atomic E-state index is 12.1. The molecule has 0 aromatic heterocycles. The zero-order valence-corrected chi connectivity index (χ0v) is 15.0. The summed E-state index contributed by atoms with van der Waals surface area (Å²) in [5.41, 5.74) is 1.31. The second kappa shape index (κ2) is 8.49. The highest BCUT2D eigenvalue weighted by Gasteiger charge is 2.13. The van der Waals surface area contributed by atoms with Gasteiger partial charge in [-0.3, -0.25) is 9.59 Å². The van der Waals surface area contributed by atoms with Crippen LogP contribution in [0.3, 0.4) is 0 Å². The number of rotatable bonds is 7. The lowest BCUT2D eigenvalue weighted by atomic mass is 10.1. The quantitative estimate of drug-likeness (QED) is 0.733. The van der Waals surface area contributed by atoms with Crippen LogP contribution in [0.15, 0.2) is 46.9 Å². The average molecular weight is 392 g/mol.